The molecule has 2 fully saturated rings. The van der Waals surface area contributed by atoms with Gasteiger partial charge in [0, 0.05) is 50.7 Å². The molecule has 2 saturated heterocycles. The van der Waals surface area contributed by atoms with E-state index in [1.54, 1.807) is 0 Å². The maximum absolute atomic E-state index is 12.8. The number of hydrogen-bond acceptors (Lipinski definition) is 5. The van der Waals surface area contributed by atoms with Crippen molar-refractivity contribution in [1.82, 2.24) is 19.2 Å². The molecule has 4 rings (SSSR count). The van der Waals surface area contributed by atoms with Gasteiger partial charge in [-0.2, -0.15) is 0 Å². The maximum Gasteiger partial charge on any atom is 0.236 e. The van der Waals surface area contributed by atoms with E-state index in [1.165, 1.54) is 0 Å². The molecule has 2 aromatic rings. The number of ether oxygens (including phenoxy) is 2. The smallest absolute Gasteiger partial charge is 0.236 e. The van der Waals surface area contributed by atoms with Crippen LogP contribution in [0.2, 0.25) is 0 Å². The van der Waals surface area contributed by atoms with Crippen LogP contribution in [-0.2, 0) is 20.7 Å². The molecule has 1 amide bonds. The highest BCUT2D eigenvalue weighted by atomic mass is 16.5. The summed E-state index contributed by atoms with van der Waals surface area (Å²) in [5.74, 6) is 0.455. The second-order valence-electron chi connectivity index (χ2n) is 7.05. The van der Waals surface area contributed by atoms with Crippen molar-refractivity contribution in [1.29, 1.82) is 0 Å². The molecule has 0 spiro atoms. The number of carbonyl (C=O) groups excluding carboxylic acids is 1. The summed E-state index contributed by atoms with van der Waals surface area (Å²) in [4.78, 5) is 21.5. The number of aromatic nitrogens is 2. The molecule has 7 heteroatoms. The van der Waals surface area contributed by atoms with Crippen LogP contribution in [0.15, 0.2) is 30.7 Å². The maximum atomic E-state index is 12.8. The van der Waals surface area contributed by atoms with Crippen molar-refractivity contribution in [3.8, 4) is 0 Å². The van der Waals surface area contributed by atoms with E-state index in [0.29, 0.717) is 39.5 Å². The fraction of sp³-hybridized carbons (Fsp3) is 0.579. The van der Waals surface area contributed by atoms with Crippen molar-refractivity contribution in [2.45, 2.75) is 6.42 Å². The highest BCUT2D eigenvalue weighted by Gasteiger charge is 2.25. The average molecular weight is 358 g/mol. The van der Waals surface area contributed by atoms with Crippen molar-refractivity contribution in [2.24, 2.45) is 5.92 Å². The first-order valence-electron chi connectivity index (χ1n) is 9.36. The first-order chi connectivity index (χ1) is 12.8. The summed E-state index contributed by atoms with van der Waals surface area (Å²) in [6, 6.07) is 4.11. The highest BCUT2D eigenvalue weighted by molar-refractivity contribution is 5.78. The Labute approximate surface area is 153 Å². The standard InChI is InChI=1S/C19H26N4O3/c24-19(14-21-6-9-25-10-7-21)23-8-11-26-15-16(13-23)12-17-18-2-1-4-22(18)5-3-20-17/h1-5,16H,6-15H2/t16-/m0/s1. The molecule has 0 unspecified atom stereocenters. The predicted octanol–water partition coefficient (Wildman–Crippen LogP) is 0.684. The second-order valence-corrected chi connectivity index (χ2v) is 7.05. The molecule has 7 nitrogen and oxygen atoms in total. The minimum absolute atomic E-state index is 0.191. The van der Waals surface area contributed by atoms with Crippen molar-refractivity contribution in [3.05, 3.63) is 36.4 Å². The summed E-state index contributed by atoms with van der Waals surface area (Å²) in [6.45, 7) is 6.24. The van der Waals surface area contributed by atoms with Crippen LogP contribution >= 0.6 is 0 Å². The van der Waals surface area contributed by atoms with E-state index < -0.39 is 0 Å². The molecule has 4 heterocycles. The summed E-state index contributed by atoms with van der Waals surface area (Å²) in [5, 5.41) is 0. The average Bonchev–Trinajstić information content (AvgIpc) is 3.02. The van der Waals surface area contributed by atoms with Gasteiger partial charge in [-0.05, 0) is 18.6 Å². The van der Waals surface area contributed by atoms with Crippen molar-refractivity contribution in [2.75, 3.05) is 59.2 Å². The van der Waals surface area contributed by atoms with Crippen molar-refractivity contribution >= 4 is 11.4 Å². The molecule has 140 valence electrons. The zero-order valence-electron chi connectivity index (χ0n) is 15.0. The zero-order valence-corrected chi connectivity index (χ0v) is 15.0. The number of amides is 1. The predicted molar refractivity (Wildman–Crippen MR) is 97.0 cm³/mol. The molecule has 0 saturated carbocycles. The molecule has 1 atom stereocenters. The Bertz CT molecular complexity index is 741. The quantitative estimate of drug-likeness (QED) is 0.805. The van der Waals surface area contributed by atoms with Gasteiger partial charge >= 0.3 is 0 Å². The Kier molecular flexibility index (Phi) is 5.48. The van der Waals surface area contributed by atoms with E-state index >= 15 is 0 Å². The van der Waals surface area contributed by atoms with E-state index in [4.69, 9.17) is 9.47 Å². The Morgan fingerprint density at radius 1 is 1.15 bits per heavy atom. The van der Waals surface area contributed by atoms with Crippen LogP contribution in [0.4, 0.5) is 0 Å². The molecule has 0 aromatic carbocycles. The third-order valence-electron chi connectivity index (χ3n) is 5.17. The lowest BCUT2D eigenvalue weighted by atomic mass is 10.0. The van der Waals surface area contributed by atoms with Crippen LogP contribution < -0.4 is 0 Å². The fourth-order valence-corrected chi connectivity index (χ4v) is 3.74. The third-order valence-corrected chi connectivity index (χ3v) is 5.17. The first-order valence-corrected chi connectivity index (χ1v) is 9.36. The summed E-state index contributed by atoms with van der Waals surface area (Å²) in [5.41, 5.74) is 2.19. The second kappa shape index (κ2) is 8.16. The Balaban J connectivity index is 1.40. The minimum atomic E-state index is 0.191. The van der Waals surface area contributed by atoms with Gasteiger partial charge in [-0.15, -0.1) is 0 Å². The number of rotatable bonds is 4. The van der Waals surface area contributed by atoms with E-state index in [9.17, 15) is 4.79 Å². The zero-order chi connectivity index (χ0) is 17.8. The van der Waals surface area contributed by atoms with Crippen LogP contribution in [-0.4, -0.2) is 84.2 Å². The number of morpholine rings is 1. The lowest BCUT2D eigenvalue weighted by Crippen LogP contribution is -2.46. The van der Waals surface area contributed by atoms with E-state index in [2.05, 4.69) is 20.4 Å². The molecule has 0 radical (unpaired) electrons. The van der Waals surface area contributed by atoms with Crippen LogP contribution in [0.1, 0.15) is 5.69 Å². The largest absolute Gasteiger partial charge is 0.379 e. The van der Waals surface area contributed by atoms with Gasteiger partial charge in [0.2, 0.25) is 5.91 Å². The first kappa shape index (κ1) is 17.5. The van der Waals surface area contributed by atoms with Crippen LogP contribution in [0.5, 0.6) is 0 Å². The summed E-state index contributed by atoms with van der Waals surface area (Å²) < 4.78 is 13.2. The molecular formula is C19H26N4O3. The van der Waals surface area contributed by atoms with Gasteiger partial charge in [-0.25, -0.2) is 0 Å². The molecule has 0 bridgehead atoms. The highest BCUT2D eigenvalue weighted by Crippen LogP contribution is 2.17. The summed E-state index contributed by atoms with van der Waals surface area (Å²) in [7, 11) is 0. The van der Waals surface area contributed by atoms with Gasteiger partial charge in [0.05, 0.1) is 44.2 Å². The Morgan fingerprint density at radius 2 is 2.00 bits per heavy atom. The van der Waals surface area contributed by atoms with Crippen LogP contribution in [0, 0.1) is 5.92 Å². The molecule has 0 aliphatic carbocycles. The summed E-state index contributed by atoms with van der Waals surface area (Å²) >= 11 is 0. The molecular weight excluding hydrogens is 332 g/mol. The lowest BCUT2D eigenvalue weighted by Gasteiger charge is -2.30. The van der Waals surface area contributed by atoms with Crippen LogP contribution in [0.25, 0.3) is 5.52 Å². The van der Waals surface area contributed by atoms with Crippen molar-refractivity contribution in [3.63, 3.8) is 0 Å². The third kappa shape index (κ3) is 4.06. The van der Waals surface area contributed by atoms with Crippen molar-refractivity contribution < 1.29 is 14.3 Å². The monoisotopic (exact) mass is 358 g/mol. The molecule has 0 N–H and O–H groups in total. The van der Waals surface area contributed by atoms with Gasteiger partial charge < -0.3 is 18.8 Å². The Hall–Kier alpha value is -1.96. The van der Waals surface area contributed by atoms with E-state index in [-0.39, 0.29) is 11.8 Å². The number of fused-ring (bicyclic) bond motifs is 1. The van der Waals surface area contributed by atoms with Gasteiger partial charge in [-0.3, -0.25) is 14.7 Å². The number of hydrogen-bond donors (Lipinski definition) is 0. The molecule has 26 heavy (non-hydrogen) atoms. The van der Waals surface area contributed by atoms with Gasteiger partial charge in [0.25, 0.3) is 0 Å². The van der Waals surface area contributed by atoms with E-state index in [1.807, 2.05) is 29.6 Å². The molecule has 2 aliphatic heterocycles. The topological polar surface area (TPSA) is 59.3 Å². The lowest BCUT2D eigenvalue weighted by molar-refractivity contribution is -0.133. The van der Waals surface area contributed by atoms with Gasteiger partial charge in [0.15, 0.2) is 0 Å². The molecule has 2 aromatic heterocycles. The number of carbonyl (C=O) groups is 1. The van der Waals surface area contributed by atoms with E-state index in [0.717, 1.165) is 37.3 Å². The van der Waals surface area contributed by atoms with Gasteiger partial charge in [-0.1, -0.05) is 0 Å². The number of nitrogens with zero attached hydrogens (tertiary/aromatic N) is 4. The van der Waals surface area contributed by atoms with Gasteiger partial charge in [0.1, 0.15) is 0 Å². The summed E-state index contributed by atoms with van der Waals surface area (Å²) in [6.07, 6.45) is 6.64. The normalized spacial score (nSPS) is 22.5. The SMILES string of the molecule is O=C(CN1CCOCC1)N1CCOC[C@@H](Cc2nccn3cccc23)C1. The minimum Gasteiger partial charge on any atom is -0.379 e. The Morgan fingerprint density at radius 3 is 2.88 bits per heavy atom. The fourth-order valence-electron chi connectivity index (χ4n) is 3.74. The van der Waals surface area contributed by atoms with Crippen LogP contribution in [0.3, 0.4) is 0 Å². The molecule has 2 aliphatic rings.